The predicted molar refractivity (Wildman–Crippen MR) is 120 cm³/mol. The molecule has 1 atom stereocenters. The van der Waals surface area contributed by atoms with E-state index in [1.807, 2.05) is 36.1 Å². The van der Waals surface area contributed by atoms with E-state index in [4.69, 9.17) is 5.11 Å². The number of anilines is 1. The SMILES string of the molecule is Cc1ccc2cccc(NC[C@H]3CCC(=O)N3CCSc3nc(C(=O)O)cs3)c2n1. The molecule has 1 amide bonds. The van der Waals surface area contributed by atoms with Gasteiger partial charge in [0.25, 0.3) is 0 Å². The maximum atomic E-state index is 12.4. The number of rotatable bonds is 8. The molecule has 1 aliphatic rings. The van der Waals surface area contributed by atoms with E-state index in [-0.39, 0.29) is 17.6 Å². The summed E-state index contributed by atoms with van der Waals surface area (Å²) in [6.45, 7) is 3.27. The van der Waals surface area contributed by atoms with Gasteiger partial charge in [-0.05, 0) is 25.5 Å². The smallest absolute Gasteiger partial charge is 0.355 e. The topological polar surface area (TPSA) is 95.4 Å². The lowest BCUT2D eigenvalue weighted by Crippen LogP contribution is -2.39. The number of aryl methyl sites for hydroxylation is 1. The molecule has 0 saturated carbocycles. The van der Waals surface area contributed by atoms with E-state index in [0.29, 0.717) is 29.6 Å². The largest absolute Gasteiger partial charge is 0.476 e. The molecule has 1 aliphatic heterocycles. The highest BCUT2D eigenvalue weighted by Crippen LogP contribution is 2.26. The van der Waals surface area contributed by atoms with Gasteiger partial charge in [-0.15, -0.1) is 11.3 Å². The van der Waals surface area contributed by atoms with Gasteiger partial charge in [0, 0.05) is 47.8 Å². The predicted octanol–water partition coefficient (Wildman–Crippen LogP) is 3.89. The van der Waals surface area contributed by atoms with Gasteiger partial charge in [0.15, 0.2) is 10.0 Å². The number of fused-ring (bicyclic) bond motifs is 1. The number of nitrogens with zero attached hydrogens (tertiary/aromatic N) is 3. The summed E-state index contributed by atoms with van der Waals surface area (Å²) < 4.78 is 0.714. The molecule has 4 rings (SSSR count). The van der Waals surface area contributed by atoms with Crippen LogP contribution in [-0.4, -0.2) is 56.7 Å². The fourth-order valence-electron chi connectivity index (χ4n) is 3.58. The Bertz CT molecular complexity index is 1090. The lowest BCUT2D eigenvalue weighted by atomic mass is 10.1. The molecule has 1 fully saturated rings. The fourth-order valence-corrected chi connectivity index (χ4v) is 5.39. The number of pyridine rings is 1. The van der Waals surface area contributed by atoms with Gasteiger partial charge in [-0.3, -0.25) is 9.78 Å². The number of nitrogens with one attached hydrogen (secondary N) is 1. The van der Waals surface area contributed by atoms with Gasteiger partial charge in [-0.2, -0.15) is 0 Å². The number of aromatic nitrogens is 2. The molecule has 2 aromatic heterocycles. The zero-order chi connectivity index (χ0) is 21.1. The van der Waals surface area contributed by atoms with E-state index >= 15 is 0 Å². The zero-order valence-corrected chi connectivity index (χ0v) is 18.1. The Morgan fingerprint density at radius 1 is 1.33 bits per heavy atom. The van der Waals surface area contributed by atoms with E-state index < -0.39 is 5.97 Å². The third-order valence-electron chi connectivity index (χ3n) is 5.10. The summed E-state index contributed by atoms with van der Waals surface area (Å²) in [7, 11) is 0. The minimum absolute atomic E-state index is 0.0701. The van der Waals surface area contributed by atoms with Crippen LogP contribution in [-0.2, 0) is 4.79 Å². The first-order chi connectivity index (χ1) is 14.5. The number of carbonyl (C=O) groups is 2. The molecule has 3 heterocycles. The Kier molecular flexibility index (Phi) is 6.19. The Labute approximate surface area is 182 Å². The lowest BCUT2D eigenvalue weighted by molar-refractivity contribution is -0.128. The van der Waals surface area contributed by atoms with Gasteiger partial charge in [-0.25, -0.2) is 9.78 Å². The van der Waals surface area contributed by atoms with Crippen molar-refractivity contribution in [3.8, 4) is 0 Å². The molecule has 156 valence electrons. The number of para-hydroxylation sites is 1. The molecule has 2 N–H and O–H groups in total. The van der Waals surface area contributed by atoms with Crippen molar-refractivity contribution in [2.24, 2.45) is 0 Å². The minimum Gasteiger partial charge on any atom is -0.476 e. The molecule has 1 aromatic carbocycles. The van der Waals surface area contributed by atoms with Crippen molar-refractivity contribution < 1.29 is 14.7 Å². The number of carboxylic acid groups (broad SMARTS) is 1. The molecule has 7 nitrogen and oxygen atoms in total. The first-order valence-electron chi connectivity index (χ1n) is 9.72. The van der Waals surface area contributed by atoms with E-state index in [2.05, 4.69) is 21.4 Å². The van der Waals surface area contributed by atoms with E-state index in [0.717, 1.165) is 28.7 Å². The third kappa shape index (κ3) is 4.57. The van der Waals surface area contributed by atoms with Crippen molar-refractivity contribution in [3.63, 3.8) is 0 Å². The Balaban J connectivity index is 1.36. The van der Waals surface area contributed by atoms with E-state index in [9.17, 15) is 9.59 Å². The quantitative estimate of drug-likeness (QED) is 0.511. The number of aromatic carboxylic acids is 1. The maximum Gasteiger partial charge on any atom is 0.355 e. The van der Waals surface area contributed by atoms with Crippen molar-refractivity contribution in [2.45, 2.75) is 30.1 Å². The third-order valence-corrected chi connectivity index (χ3v) is 7.10. The van der Waals surface area contributed by atoms with Crippen LogP contribution in [0.4, 0.5) is 5.69 Å². The summed E-state index contributed by atoms with van der Waals surface area (Å²) in [4.78, 5) is 34.0. The number of likely N-dealkylation sites (tertiary alicyclic amines) is 1. The summed E-state index contributed by atoms with van der Waals surface area (Å²) in [5.41, 5.74) is 2.97. The van der Waals surface area contributed by atoms with Gasteiger partial charge >= 0.3 is 5.97 Å². The highest BCUT2D eigenvalue weighted by Gasteiger charge is 2.30. The average molecular weight is 443 g/mol. The van der Waals surface area contributed by atoms with Crippen LogP contribution in [0.3, 0.4) is 0 Å². The van der Waals surface area contributed by atoms with Crippen molar-refractivity contribution in [3.05, 3.63) is 47.1 Å². The molecule has 0 unspecified atom stereocenters. The monoisotopic (exact) mass is 442 g/mol. The Morgan fingerprint density at radius 2 is 2.20 bits per heavy atom. The fraction of sp³-hybridized carbons (Fsp3) is 0.333. The second kappa shape index (κ2) is 9.01. The maximum absolute atomic E-state index is 12.4. The van der Waals surface area contributed by atoms with Crippen LogP contribution in [0.25, 0.3) is 10.9 Å². The Morgan fingerprint density at radius 3 is 3.00 bits per heavy atom. The number of hydrogen-bond donors (Lipinski definition) is 2. The van der Waals surface area contributed by atoms with Crippen LogP contribution < -0.4 is 5.32 Å². The summed E-state index contributed by atoms with van der Waals surface area (Å²) in [5.74, 6) is -0.166. The Hall–Kier alpha value is -2.65. The number of carboxylic acids is 1. The highest BCUT2D eigenvalue weighted by molar-refractivity contribution is 8.01. The first kappa shape index (κ1) is 20.6. The normalized spacial score (nSPS) is 16.4. The van der Waals surface area contributed by atoms with Crippen molar-refractivity contribution in [1.82, 2.24) is 14.9 Å². The number of thiazole rings is 1. The molecule has 0 aliphatic carbocycles. The van der Waals surface area contributed by atoms with E-state index in [1.54, 1.807) is 5.38 Å². The minimum atomic E-state index is -1.02. The highest BCUT2D eigenvalue weighted by atomic mass is 32.2. The van der Waals surface area contributed by atoms with Gasteiger partial charge < -0.3 is 15.3 Å². The molecule has 1 saturated heterocycles. The second-order valence-electron chi connectivity index (χ2n) is 7.14. The zero-order valence-electron chi connectivity index (χ0n) is 16.5. The van der Waals surface area contributed by atoms with Gasteiger partial charge in [0.05, 0.1) is 11.2 Å². The van der Waals surface area contributed by atoms with Gasteiger partial charge in [-0.1, -0.05) is 30.0 Å². The van der Waals surface area contributed by atoms with E-state index in [1.165, 1.54) is 23.1 Å². The lowest BCUT2D eigenvalue weighted by Gasteiger charge is -2.25. The standard InChI is InChI=1S/C21H22N4O3S2/c1-13-5-6-14-3-2-4-16(19(14)23-13)22-11-15-7-8-18(26)25(15)9-10-29-21-24-17(12-30-21)20(27)28/h2-6,12,15,22H,7-11H2,1H3,(H,27,28)/t15-/m1/s1. The molecule has 0 spiro atoms. The molecule has 0 bridgehead atoms. The van der Waals surface area contributed by atoms with Crippen molar-refractivity contribution in [2.75, 3.05) is 24.2 Å². The van der Waals surface area contributed by atoms with Crippen LogP contribution in [0, 0.1) is 6.92 Å². The van der Waals surface area contributed by atoms with Crippen molar-refractivity contribution >= 4 is 51.6 Å². The molecular weight excluding hydrogens is 420 g/mol. The number of benzene rings is 1. The van der Waals surface area contributed by atoms with Crippen LogP contribution in [0.1, 0.15) is 29.0 Å². The van der Waals surface area contributed by atoms with Gasteiger partial charge in [0.1, 0.15) is 0 Å². The average Bonchev–Trinajstić information content (AvgIpc) is 3.34. The van der Waals surface area contributed by atoms with Crippen LogP contribution in [0.2, 0.25) is 0 Å². The molecule has 30 heavy (non-hydrogen) atoms. The first-order valence-corrected chi connectivity index (χ1v) is 11.6. The number of hydrogen-bond acceptors (Lipinski definition) is 7. The molecular formula is C21H22N4O3S2. The summed E-state index contributed by atoms with van der Waals surface area (Å²) >= 11 is 2.81. The number of carbonyl (C=O) groups excluding carboxylic acids is 1. The summed E-state index contributed by atoms with van der Waals surface area (Å²) in [6, 6.07) is 10.3. The van der Waals surface area contributed by atoms with Crippen LogP contribution in [0.15, 0.2) is 40.1 Å². The molecule has 9 heteroatoms. The van der Waals surface area contributed by atoms with Crippen molar-refractivity contribution in [1.29, 1.82) is 0 Å². The molecule has 0 radical (unpaired) electrons. The summed E-state index contributed by atoms with van der Waals surface area (Å²) in [6.07, 6.45) is 1.39. The molecule has 3 aromatic rings. The number of thioether (sulfide) groups is 1. The van der Waals surface area contributed by atoms with Crippen LogP contribution >= 0.6 is 23.1 Å². The second-order valence-corrected chi connectivity index (χ2v) is 9.34. The summed E-state index contributed by atoms with van der Waals surface area (Å²) in [5, 5.41) is 15.1. The van der Waals surface area contributed by atoms with Crippen LogP contribution in [0.5, 0.6) is 0 Å². The number of amides is 1. The van der Waals surface area contributed by atoms with Gasteiger partial charge in [0.2, 0.25) is 5.91 Å².